The van der Waals surface area contributed by atoms with Crippen LogP contribution < -0.4 is 10.6 Å². The Hall–Kier alpha value is -1.13. The van der Waals surface area contributed by atoms with Gasteiger partial charge >= 0.3 is 0 Å². The van der Waals surface area contributed by atoms with Gasteiger partial charge in [0.25, 0.3) is 0 Å². The van der Waals surface area contributed by atoms with Crippen molar-refractivity contribution in [2.24, 2.45) is 5.92 Å². The lowest BCUT2D eigenvalue weighted by Gasteiger charge is -2.31. The number of nitrogens with one attached hydrogen (secondary N) is 2. The van der Waals surface area contributed by atoms with Gasteiger partial charge in [-0.05, 0) is 62.1 Å². The normalized spacial score (nSPS) is 29.2. The zero-order valence-electron chi connectivity index (χ0n) is 15.3. The number of rotatable bonds is 5. The van der Waals surface area contributed by atoms with E-state index in [2.05, 4.69) is 10.6 Å². The molecule has 2 saturated heterocycles. The summed E-state index contributed by atoms with van der Waals surface area (Å²) < 4.78 is 13.3. The summed E-state index contributed by atoms with van der Waals surface area (Å²) in [7, 11) is 0. The molecule has 26 heavy (non-hydrogen) atoms. The molecule has 0 spiro atoms. The first kappa shape index (κ1) is 19.6. The lowest BCUT2D eigenvalue weighted by Crippen LogP contribution is -2.42. The first-order chi connectivity index (χ1) is 12.1. The molecule has 0 aromatic heterocycles. The van der Waals surface area contributed by atoms with Crippen molar-refractivity contribution in [3.05, 3.63) is 35.6 Å². The van der Waals surface area contributed by atoms with E-state index in [1.165, 1.54) is 31.2 Å². The summed E-state index contributed by atoms with van der Waals surface area (Å²) in [6, 6.07) is 8.16. The fourth-order valence-electron chi connectivity index (χ4n) is 5.37. The highest BCUT2D eigenvalue weighted by Gasteiger charge is 2.37. The summed E-state index contributed by atoms with van der Waals surface area (Å²) >= 11 is 0. The summed E-state index contributed by atoms with van der Waals surface area (Å²) in [6.45, 7) is 0.690. The minimum atomic E-state index is -0.193. The highest BCUT2D eigenvalue weighted by molar-refractivity contribution is 5.85. The monoisotopic (exact) mass is 380 g/mol. The molecule has 3 fully saturated rings. The molecule has 1 aromatic rings. The highest BCUT2D eigenvalue weighted by atomic mass is 35.5. The van der Waals surface area contributed by atoms with E-state index in [-0.39, 0.29) is 29.5 Å². The lowest BCUT2D eigenvalue weighted by molar-refractivity contribution is -0.122. The summed E-state index contributed by atoms with van der Waals surface area (Å²) in [5, 5.41) is 6.86. The van der Waals surface area contributed by atoms with E-state index >= 15 is 0 Å². The highest BCUT2D eigenvalue weighted by Crippen LogP contribution is 2.41. The first-order valence-corrected chi connectivity index (χ1v) is 9.92. The van der Waals surface area contributed by atoms with Crippen LogP contribution in [0.1, 0.15) is 63.4 Å². The molecule has 2 bridgehead atoms. The van der Waals surface area contributed by atoms with Crippen molar-refractivity contribution in [2.45, 2.75) is 75.3 Å². The zero-order valence-corrected chi connectivity index (χ0v) is 16.1. The molecule has 5 heteroatoms. The van der Waals surface area contributed by atoms with Gasteiger partial charge in [-0.3, -0.25) is 4.79 Å². The molecular formula is C21H30ClFN2O. The molecule has 1 aliphatic carbocycles. The molecule has 0 radical (unpaired) electrons. The van der Waals surface area contributed by atoms with E-state index in [1.54, 1.807) is 12.1 Å². The molecule has 3 aliphatic rings. The molecular weight excluding hydrogens is 351 g/mol. The molecule has 1 amide bonds. The van der Waals surface area contributed by atoms with Crippen LogP contribution in [0.25, 0.3) is 0 Å². The van der Waals surface area contributed by atoms with Crippen molar-refractivity contribution in [2.75, 3.05) is 6.54 Å². The van der Waals surface area contributed by atoms with Gasteiger partial charge in [-0.2, -0.15) is 0 Å². The minimum absolute atomic E-state index is 0. The maximum Gasteiger partial charge on any atom is 0.220 e. The molecule has 3 nitrogen and oxygen atoms in total. The molecule has 1 saturated carbocycles. The van der Waals surface area contributed by atoms with Gasteiger partial charge in [0.2, 0.25) is 5.91 Å². The number of hydrogen-bond donors (Lipinski definition) is 2. The number of benzene rings is 1. The van der Waals surface area contributed by atoms with Crippen molar-refractivity contribution in [1.29, 1.82) is 0 Å². The van der Waals surface area contributed by atoms with Gasteiger partial charge in [0.05, 0.1) is 0 Å². The second-order valence-electron chi connectivity index (χ2n) is 8.45. The Balaban J connectivity index is 0.00000196. The van der Waals surface area contributed by atoms with Crippen molar-refractivity contribution >= 4 is 18.3 Å². The Labute approximate surface area is 161 Å². The summed E-state index contributed by atoms with van der Waals surface area (Å²) in [6.07, 6.45) is 10.0. The van der Waals surface area contributed by atoms with Gasteiger partial charge in [-0.15, -0.1) is 12.4 Å². The number of carbonyl (C=O) groups is 1. The summed E-state index contributed by atoms with van der Waals surface area (Å²) in [5.41, 5.74) is 1.17. The average molecular weight is 381 g/mol. The first-order valence-electron chi connectivity index (χ1n) is 9.92. The summed E-state index contributed by atoms with van der Waals surface area (Å²) in [5.74, 6) is 0.533. The van der Waals surface area contributed by atoms with Crippen molar-refractivity contribution < 1.29 is 9.18 Å². The van der Waals surface area contributed by atoms with E-state index in [0.717, 1.165) is 25.7 Å². The Morgan fingerprint density at radius 3 is 2.35 bits per heavy atom. The van der Waals surface area contributed by atoms with E-state index in [0.29, 0.717) is 31.0 Å². The van der Waals surface area contributed by atoms with Gasteiger partial charge in [-0.25, -0.2) is 4.39 Å². The van der Waals surface area contributed by atoms with Crippen molar-refractivity contribution in [1.82, 2.24) is 10.6 Å². The SMILES string of the molecule is Cl.O=C(CC1CC2CCC(C1)N2)NCC1(c2ccc(F)cc2)CCCC1. The van der Waals surface area contributed by atoms with Crippen LogP contribution in [0, 0.1) is 11.7 Å². The molecule has 2 atom stereocenters. The molecule has 2 N–H and O–H groups in total. The van der Waals surface area contributed by atoms with Crippen molar-refractivity contribution in [3.8, 4) is 0 Å². The topological polar surface area (TPSA) is 41.1 Å². The van der Waals surface area contributed by atoms with Gasteiger partial charge in [0.1, 0.15) is 5.82 Å². The molecule has 1 aromatic carbocycles. The Kier molecular flexibility index (Phi) is 6.24. The van der Waals surface area contributed by atoms with E-state index < -0.39 is 0 Å². The summed E-state index contributed by atoms with van der Waals surface area (Å²) in [4.78, 5) is 12.5. The molecule has 4 rings (SSSR count). The van der Waals surface area contributed by atoms with Crippen LogP contribution in [0.5, 0.6) is 0 Å². The van der Waals surface area contributed by atoms with Gasteiger partial charge in [-0.1, -0.05) is 25.0 Å². The van der Waals surface area contributed by atoms with E-state index in [4.69, 9.17) is 0 Å². The van der Waals surface area contributed by atoms with Crippen LogP contribution in [0.15, 0.2) is 24.3 Å². The standard InChI is InChI=1S/C21H29FN2O.ClH/c22-17-5-3-16(4-6-17)21(9-1-2-10-21)14-23-20(25)13-15-11-18-7-8-19(12-15)24-18;/h3-6,15,18-19,24H,1-2,7-14H2,(H,23,25);1H. The molecule has 2 unspecified atom stereocenters. The number of carbonyl (C=O) groups excluding carboxylic acids is 1. The third-order valence-corrected chi connectivity index (χ3v) is 6.69. The van der Waals surface area contributed by atoms with E-state index in [9.17, 15) is 9.18 Å². The predicted molar refractivity (Wildman–Crippen MR) is 104 cm³/mol. The van der Waals surface area contributed by atoms with Crippen LogP contribution in [-0.4, -0.2) is 24.5 Å². The predicted octanol–water partition coefficient (Wildman–Crippen LogP) is 4.10. The minimum Gasteiger partial charge on any atom is -0.355 e. The van der Waals surface area contributed by atoms with Crippen molar-refractivity contribution in [3.63, 3.8) is 0 Å². The van der Waals surface area contributed by atoms with Crippen LogP contribution >= 0.6 is 12.4 Å². The van der Waals surface area contributed by atoms with E-state index in [1.807, 2.05) is 12.1 Å². The fraction of sp³-hybridized carbons (Fsp3) is 0.667. The second kappa shape index (κ2) is 8.26. The molecule has 144 valence electrons. The number of amides is 1. The maximum absolute atomic E-state index is 13.3. The fourth-order valence-corrected chi connectivity index (χ4v) is 5.37. The number of halogens is 2. The Morgan fingerprint density at radius 1 is 1.12 bits per heavy atom. The maximum atomic E-state index is 13.3. The lowest BCUT2D eigenvalue weighted by atomic mass is 9.78. The van der Waals surface area contributed by atoms with Gasteiger partial charge in [0, 0.05) is 30.5 Å². The smallest absolute Gasteiger partial charge is 0.220 e. The number of hydrogen-bond acceptors (Lipinski definition) is 2. The van der Waals surface area contributed by atoms with Crippen LogP contribution in [0.4, 0.5) is 4.39 Å². The van der Waals surface area contributed by atoms with Crippen LogP contribution in [-0.2, 0) is 10.2 Å². The molecule has 2 heterocycles. The average Bonchev–Trinajstić information content (AvgIpc) is 3.21. The zero-order chi connectivity index (χ0) is 17.3. The molecule has 2 aliphatic heterocycles. The largest absolute Gasteiger partial charge is 0.355 e. The van der Waals surface area contributed by atoms with Crippen LogP contribution in [0.2, 0.25) is 0 Å². The van der Waals surface area contributed by atoms with Gasteiger partial charge < -0.3 is 10.6 Å². The Bertz CT molecular complexity index is 603. The number of piperidine rings is 1. The quantitative estimate of drug-likeness (QED) is 0.807. The second-order valence-corrected chi connectivity index (χ2v) is 8.45. The third-order valence-electron chi connectivity index (χ3n) is 6.69. The third kappa shape index (κ3) is 4.23. The van der Waals surface area contributed by atoms with Gasteiger partial charge in [0.15, 0.2) is 0 Å². The number of fused-ring (bicyclic) bond motifs is 2. The van der Waals surface area contributed by atoms with Crippen LogP contribution in [0.3, 0.4) is 0 Å². The Morgan fingerprint density at radius 2 is 1.73 bits per heavy atom.